The number of aryl methyl sites for hydroxylation is 1. The summed E-state index contributed by atoms with van der Waals surface area (Å²) in [4.78, 5) is 8.93. The molecule has 1 aromatic heterocycles. The maximum Gasteiger partial charge on any atom is 0.151 e. The van der Waals surface area contributed by atoms with Gasteiger partial charge in [-0.3, -0.25) is 4.98 Å². The highest BCUT2D eigenvalue weighted by Gasteiger charge is 2.36. The molecule has 0 saturated carbocycles. The van der Waals surface area contributed by atoms with Gasteiger partial charge in [-0.05, 0) is 49.8 Å². The van der Waals surface area contributed by atoms with Gasteiger partial charge in [0.05, 0.1) is 24.2 Å². The number of aliphatic hydroxyl groups excluding tert-OH is 1. The Bertz CT molecular complexity index is 750. The van der Waals surface area contributed by atoms with Gasteiger partial charge >= 0.3 is 0 Å². The molecule has 2 fully saturated rings. The minimum atomic E-state index is -0.268. The molecule has 2 aliphatic rings. The van der Waals surface area contributed by atoms with E-state index in [-0.39, 0.29) is 12.4 Å². The molecule has 0 unspecified atom stereocenters. The predicted molar refractivity (Wildman–Crippen MR) is 102 cm³/mol. The number of aromatic nitrogens is 1. The fraction of sp³-hybridized carbons (Fsp3) is 0.476. The Balaban J connectivity index is 1.31. The van der Waals surface area contributed by atoms with E-state index < -0.39 is 0 Å². The van der Waals surface area contributed by atoms with Crippen LogP contribution in [0.15, 0.2) is 36.5 Å². The van der Waals surface area contributed by atoms with Crippen molar-refractivity contribution in [3.8, 4) is 0 Å². The van der Waals surface area contributed by atoms with Gasteiger partial charge in [-0.25, -0.2) is 4.39 Å². The van der Waals surface area contributed by atoms with Gasteiger partial charge in [0.2, 0.25) is 0 Å². The van der Waals surface area contributed by atoms with Crippen molar-refractivity contribution < 1.29 is 9.50 Å². The predicted octanol–water partition coefficient (Wildman–Crippen LogP) is 3.37. The van der Waals surface area contributed by atoms with Crippen molar-refractivity contribution in [2.75, 3.05) is 36.0 Å². The first-order valence-electron chi connectivity index (χ1n) is 9.46. The van der Waals surface area contributed by atoms with Gasteiger partial charge < -0.3 is 14.9 Å². The molecular weight excluding hydrogens is 329 g/mol. The number of aliphatic hydroxyl groups is 1. The van der Waals surface area contributed by atoms with Crippen molar-refractivity contribution in [2.45, 2.75) is 26.4 Å². The maximum absolute atomic E-state index is 14.4. The number of benzene rings is 1. The number of pyridine rings is 1. The van der Waals surface area contributed by atoms with Gasteiger partial charge in [0.15, 0.2) is 5.82 Å². The van der Waals surface area contributed by atoms with Gasteiger partial charge in [-0.2, -0.15) is 0 Å². The van der Waals surface area contributed by atoms with Gasteiger partial charge in [0, 0.05) is 37.4 Å². The zero-order valence-corrected chi connectivity index (χ0v) is 15.2. The second-order valence-corrected chi connectivity index (χ2v) is 7.56. The summed E-state index contributed by atoms with van der Waals surface area (Å²) < 4.78 is 14.4. The fourth-order valence-corrected chi connectivity index (χ4v) is 4.22. The Morgan fingerprint density at radius 2 is 1.85 bits per heavy atom. The fourth-order valence-electron chi connectivity index (χ4n) is 4.22. The van der Waals surface area contributed by atoms with Crippen LogP contribution in [0.5, 0.6) is 0 Å². The summed E-state index contributed by atoms with van der Waals surface area (Å²) in [6, 6.07) is 9.51. The van der Waals surface area contributed by atoms with Crippen molar-refractivity contribution >= 4 is 11.4 Å². The monoisotopic (exact) mass is 355 g/mol. The number of hydrogen-bond donors (Lipinski definition) is 1. The molecule has 1 N–H and O–H groups in total. The first-order chi connectivity index (χ1) is 12.7. The highest BCUT2D eigenvalue weighted by molar-refractivity contribution is 5.52. The van der Waals surface area contributed by atoms with Crippen molar-refractivity contribution in [1.29, 1.82) is 0 Å². The molecule has 0 atom stereocenters. The van der Waals surface area contributed by atoms with E-state index in [0.717, 1.165) is 31.9 Å². The SMILES string of the molecule is Cc1ccc(N2CCC(C3CN(c4cccc(CO)c4F)C3)CC2)cn1. The highest BCUT2D eigenvalue weighted by Crippen LogP contribution is 2.36. The smallest absolute Gasteiger partial charge is 0.151 e. The molecule has 26 heavy (non-hydrogen) atoms. The van der Waals surface area contributed by atoms with E-state index in [1.807, 2.05) is 25.3 Å². The summed E-state index contributed by atoms with van der Waals surface area (Å²) in [6.45, 7) is 5.74. The summed E-state index contributed by atoms with van der Waals surface area (Å²) in [6.07, 6.45) is 4.34. The van der Waals surface area contributed by atoms with E-state index in [0.29, 0.717) is 23.1 Å². The first-order valence-corrected chi connectivity index (χ1v) is 9.46. The molecule has 0 bridgehead atoms. The topological polar surface area (TPSA) is 39.6 Å². The van der Waals surface area contributed by atoms with Crippen LogP contribution in [0.1, 0.15) is 24.1 Å². The van der Waals surface area contributed by atoms with E-state index in [4.69, 9.17) is 0 Å². The van der Waals surface area contributed by atoms with Crippen LogP contribution in [0.2, 0.25) is 0 Å². The summed E-state index contributed by atoms with van der Waals surface area (Å²) >= 11 is 0. The zero-order valence-electron chi connectivity index (χ0n) is 15.2. The van der Waals surface area contributed by atoms with Crippen LogP contribution in [0.4, 0.5) is 15.8 Å². The van der Waals surface area contributed by atoms with Gasteiger partial charge in [-0.1, -0.05) is 12.1 Å². The van der Waals surface area contributed by atoms with E-state index in [1.165, 1.54) is 18.5 Å². The third kappa shape index (κ3) is 3.28. The summed E-state index contributed by atoms with van der Waals surface area (Å²) in [5.74, 6) is 1.09. The van der Waals surface area contributed by atoms with Crippen molar-refractivity contribution in [3.63, 3.8) is 0 Å². The molecule has 2 aromatic rings. The maximum atomic E-state index is 14.4. The molecule has 2 aliphatic heterocycles. The van der Waals surface area contributed by atoms with Crippen LogP contribution in [0.3, 0.4) is 0 Å². The first kappa shape index (κ1) is 17.3. The van der Waals surface area contributed by atoms with Gasteiger partial charge in [-0.15, -0.1) is 0 Å². The van der Waals surface area contributed by atoms with E-state index in [9.17, 15) is 9.50 Å². The number of anilines is 2. The Labute approximate surface area is 154 Å². The van der Waals surface area contributed by atoms with Crippen molar-refractivity contribution in [2.24, 2.45) is 11.8 Å². The Morgan fingerprint density at radius 1 is 1.08 bits per heavy atom. The quantitative estimate of drug-likeness (QED) is 0.913. The Kier molecular flexibility index (Phi) is 4.81. The van der Waals surface area contributed by atoms with Gasteiger partial charge in [0.25, 0.3) is 0 Å². The zero-order chi connectivity index (χ0) is 18.1. The third-order valence-corrected chi connectivity index (χ3v) is 5.95. The molecule has 5 heteroatoms. The summed E-state index contributed by atoms with van der Waals surface area (Å²) in [7, 11) is 0. The van der Waals surface area contributed by atoms with Crippen LogP contribution in [-0.2, 0) is 6.61 Å². The second-order valence-electron chi connectivity index (χ2n) is 7.56. The molecule has 2 saturated heterocycles. The lowest BCUT2D eigenvalue weighted by atomic mass is 9.79. The Hall–Kier alpha value is -2.14. The molecule has 0 amide bonds. The third-order valence-electron chi connectivity index (χ3n) is 5.95. The van der Waals surface area contributed by atoms with Crippen LogP contribution in [0.25, 0.3) is 0 Å². The lowest BCUT2D eigenvalue weighted by Crippen LogP contribution is -2.52. The van der Waals surface area contributed by atoms with Crippen LogP contribution >= 0.6 is 0 Å². The largest absolute Gasteiger partial charge is 0.392 e. The molecule has 3 heterocycles. The number of hydrogen-bond acceptors (Lipinski definition) is 4. The molecule has 0 radical (unpaired) electrons. The lowest BCUT2D eigenvalue weighted by Gasteiger charge is -2.47. The number of rotatable bonds is 4. The van der Waals surface area contributed by atoms with E-state index in [1.54, 1.807) is 6.07 Å². The minimum absolute atomic E-state index is 0.247. The molecule has 0 aliphatic carbocycles. The average molecular weight is 355 g/mol. The molecule has 4 rings (SSSR count). The molecule has 4 nitrogen and oxygen atoms in total. The number of halogens is 1. The molecule has 0 spiro atoms. The van der Waals surface area contributed by atoms with Gasteiger partial charge in [0.1, 0.15) is 0 Å². The van der Waals surface area contributed by atoms with E-state index >= 15 is 0 Å². The molecule has 1 aromatic carbocycles. The second kappa shape index (κ2) is 7.23. The number of nitrogens with zero attached hydrogens (tertiary/aromatic N) is 3. The van der Waals surface area contributed by atoms with Crippen molar-refractivity contribution in [3.05, 3.63) is 53.6 Å². The summed E-state index contributed by atoms with van der Waals surface area (Å²) in [5.41, 5.74) is 3.28. The van der Waals surface area contributed by atoms with E-state index in [2.05, 4.69) is 26.9 Å². The number of piperidine rings is 1. The lowest BCUT2D eigenvalue weighted by molar-refractivity contribution is 0.228. The highest BCUT2D eigenvalue weighted by atomic mass is 19.1. The van der Waals surface area contributed by atoms with Crippen LogP contribution in [-0.4, -0.2) is 36.3 Å². The van der Waals surface area contributed by atoms with Crippen molar-refractivity contribution in [1.82, 2.24) is 4.98 Å². The molecular formula is C21H26FN3O. The standard InChI is InChI=1S/C21H26FN3O/c1-15-5-6-19(11-23-15)24-9-7-16(8-10-24)18-12-25(13-18)20-4-2-3-17(14-26)21(20)22/h2-6,11,16,18,26H,7-10,12-14H2,1H3. The minimum Gasteiger partial charge on any atom is -0.392 e. The Morgan fingerprint density at radius 3 is 2.50 bits per heavy atom. The average Bonchev–Trinajstić information content (AvgIpc) is 2.63. The normalized spacial score (nSPS) is 18.9. The summed E-state index contributed by atoms with van der Waals surface area (Å²) in [5, 5.41) is 9.24. The van der Waals surface area contributed by atoms with Crippen LogP contribution < -0.4 is 9.80 Å². The van der Waals surface area contributed by atoms with Crippen LogP contribution in [0, 0.1) is 24.6 Å². The molecule has 138 valence electrons.